The number of hydrogen-bond acceptors (Lipinski definition) is 3. The molecular formula is C17H16O3S. The van der Waals surface area contributed by atoms with Crippen molar-refractivity contribution in [3.8, 4) is 5.75 Å². The van der Waals surface area contributed by atoms with E-state index in [1.807, 2.05) is 30.5 Å². The quantitative estimate of drug-likeness (QED) is 0.514. The zero-order valence-electron chi connectivity index (χ0n) is 11.9. The predicted octanol–water partition coefficient (Wildman–Crippen LogP) is 4.04. The molecule has 0 radical (unpaired) electrons. The molecule has 2 aromatic carbocycles. The first-order chi connectivity index (χ1) is 10.1. The number of methoxy groups -OCH3 is 1. The Bertz CT molecular complexity index is 643. The fourth-order valence-electron chi connectivity index (χ4n) is 1.91. The minimum Gasteiger partial charge on any atom is -0.497 e. The number of thioether (sulfide) groups is 1. The van der Waals surface area contributed by atoms with Crippen LogP contribution in [0, 0.1) is 0 Å². The first-order valence-electron chi connectivity index (χ1n) is 6.37. The molecule has 3 nitrogen and oxygen atoms in total. The Kier molecular flexibility index (Phi) is 5.06. The van der Waals surface area contributed by atoms with Gasteiger partial charge in [-0.1, -0.05) is 24.3 Å². The van der Waals surface area contributed by atoms with Crippen LogP contribution >= 0.6 is 11.8 Å². The van der Waals surface area contributed by atoms with Crippen molar-refractivity contribution >= 4 is 29.4 Å². The van der Waals surface area contributed by atoms with Gasteiger partial charge in [-0.15, -0.1) is 11.8 Å². The van der Waals surface area contributed by atoms with Gasteiger partial charge in [-0.3, -0.25) is 0 Å². The number of hydrogen-bond donors (Lipinski definition) is 1. The number of carboxylic acids is 1. The molecule has 2 rings (SSSR count). The first kappa shape index (κ1) is 15.2. The molecule has 0 unspecified atom stereocenters. The van der Waals surface area contributed by atoms with E-state index in [2.05, 4.69) is 0 Å². The van der Waals surface area contributed by atoms with Gasteiger partial charge in [0.1, 0.15) is 5.75 Å². The van der Waals surface area contributed by atoms with Crippen LogP contribution in [0.3, 0.4) is 0 Å². The van der Waals surface area contributed by atoms with Crippen LogP contribution < -0.4 is 4.74 Å². The van der Waals surface area contributed by atoms with Gasteiger partial charge in [0.2, 0.25) is 0 Å². The molecule has 1 N–H and O–H groups in total. The molecule has 4 heteroatoms. The van der Waals surface area contributed by atoms with Crippen molar-refractivity contribution in [1.29, 1.82) is 0 Å². The Morgan fingerprint density at radius 2 is 1.71 bits per heavy atom. The van der Waals surface area contributed by atoms with E-state index in [4.69, 9.17) is 4.74 Å². The third-order valence-electron chi connectivity index (χ3n) is 3.06. The number of ether oxygens (including phenoxy) is 1. The molecule has 0 amide bonds. The molecule has 0 heterocycles. The average Bonchev–Trinajstić information content (AvgIpc) is 2.53. The van der Waals surface area contributed by atoms with Crippen molar-refractivity contribution in [2.75, 3.05) is 13.4 Å². The second-order valence-corrected chi connectivity index (χ2v) is 5.24. The highest BCUT2D eigenvalue weighted by Crippen LogP contribution is 2.23. The van der Waals surface area contributed by atoms with E-state index in [9.17, 15) is 9.90 Å². The van der Waals surface area contributed by atoms with Gasteiger partial charge in [-0.25, -0.2) is 4.79 Å². The summed E-state index contributed by atoms with van der Waals surface area (Å²) in [6.45, 7) is 0. The standard InChI is InChI=1S/C17H16O3S/c1-20-14-7-5-13(6-8-14)16(17(18)19)11-12-3-9-15(21-2)10-4-12/h3-11H,1-2H3,(H,18,19). The lowest BCUT2D eigenvalue weighted by Crippen LogP contribution is -1.99. The molecule has 0 atom stereocenters. The minimum absolute atomic E-state index is 0.259. The smallest absolute Gasteiger partial charge is 0.336 e. The number of aliphatic carboxylic acids is 1. The predicted molar refractivity (Wildman–Crippen MR) is 86.7 cm³/mol. The second-order valence-electron chi connectivity index (χ2n) is 4.36. The van der Waals surface area contributed by atoms with E-state index in [-0.39, 0.29) is 5.57 Å². The fourth-order valence-corrected chi connectivity index (χ4v) is 2.31. The largest absolute Gasteiger partial charge is 0.497 e. The van der Waals surface area contributed by atoms with E-state index in [1.165, 1.54) is 0 Å². The maximum Gasteiger partial charge on any atom is 0.336 e. The number of benzene rings is 2. The molecule has 0 aliphatic rings. The van der Waals surface area contributed by atoms with E-state index < -0.39 is 5.97 Å². The summed E-state index contributed by atoms with van der Waals surface area (Å²) < 4.78 is 5.08. The highest BCUT2D eigenvalue weighted by molar-refractivity contribution is 7.98. The Morgan fingerprint density at radius 3 is 2.19 bits per heavy atom. The summed E-state index contributed by atoms with van der Waals surface area (Å²) in [6.07, 6.45) is 3.68. The fraction of sp³-hybridized carbons (Fsp3) is 0.118. The van der Waals surface area contributed by atoms with Crippen molar-refractivity contribution in [1.82, 2.24) is 0 Å². The molecule has 0 aliphatic carbocycles. The van der Waals surface area contributed by atoms with Crippen LogP contribution in [0.25, 0.3) is 11.6 Å². The van der Waals surface area contributed by atoms with Crippen LogP contribution in [0.4, 0.5) is 0 Å². The summed E-state index contributed by atoms with van der Waals surface area (Å²) >= 11 is 1.65. The molecule has 0 aliphatic heterocycles. The van der Waals surface area contributed by atoms with Crippen molar-refractivity contribution in [2.45, 2.75) is 4.90 Å². The maximum absolute atomic E-state index is 11.5. The molecule has 2 aromatic rings. The molecular weight excluding hydrogens is 284 g/mol. The van der Waals surface area contributed by atoms with Crippen molar-refractivity contribution < 1.29 is 14.6 Å². The highest BCUT2D eigenvalue weighted by atomic mass is 32.2. The summed E-state index contributed by atoms with van der Waals surface area (Å²) in [5, 5.41) is 9.41. The summed E-state index contributed by atoms with van der Waals surface area (Å²) in [5.74, 6) is -0.248. The van der Waals surface area contributed by atoms with Crippen LogP contribution in [-0.2, 0) is 4.79 Å². The van der Waals surface area contributed by atoms with Crippen LogP contribution in [0.15, 0.2) is 53.4 Å². The molecule has 0 saturated carbocycles. The summed E-state index contributed by atoms with van der Waals surface area (Å²) in [5.41, 5.74) is 1.77. The topological polar surface area (TPSA) is 46.5 Å². The SMILES string of the molecule is COc1ccc(C(=Cc2ccc(SC)cc2)C(=O)O)cc1. The van der Waals surface area contributed by atoms with E-state index in [0.717, 1.165) is 10.5 Å². The van der Waals surface area contributed by atoms with E-state index in [1.54, 1.807) is 49.2 Å². The summed E-state index contributed by atoms with van der Waals surface area (Å²) in [7, 11) is 1.58. The van der Waals surface area contributed by atoms with Gasteiger partial charge in [0.25, 0.3) is 0 Å². The third kappa shape index (κ3) is 3.89. The lowest BCUT2D eigenvalue weighted by atomic mass is 10.0. The number of carbonyl (C=O) groups is 1. The molecule has 0 saturated heterocycles. The highest BCUT2D eigenvalue weighted by Gasteiger charge is 2.10. The normalized spacial score (nSPS) is 11.2. The average molecular weight is 300 g/mol. The van der Waals surface area contributed by atoms with Crippen molar-refractivity contribution in [3.63, 3.8) is 0 Å². The monoisotopic (exact) mass is 300 g/mol. The van der Waals surface area contributed by atoms with Gasteiger partial charge >= 0.3 is 5.97 Å². The zero-order chi connectivity index (χ0) is 15.2. The van der Waals surface area contributed by atoms with Crippen LogP contribution in [0.5, 0.6) is 5.75 Å². The first-order valence-corrected chi connectivity index (χ1v) is 7.60. The van der Waals surface area contributed by atoms with E-state index in [0.29, 0.717) is 11.3 Å². The van der Waals surface area contributed by atoms with Crippen LogP contribution in [-0.4, -0.2) is 24.4 Å². The summed E-state index contributed by atoms with van der Waals surface area (Å²) in [6, 6.07) is 14.8. The second kappa shape index (κ2) is 6.99. The Balaban J connectivity index is 2.36. The van der Waals surface area contributed by atoms with Crippen LogP contribution in [0.1, 0.15) is 11.1 Å². The Morgan fingerprint density at radius 1 is 1.10 bits per heavy atom. The third-order valence-corrected chi connectivity index (χ3v) is 3.80. The maximum atomic E-state index is 11.5. The molecule has 0 aromatic heterocycles. The molecule has 108 valence electrons. The molecule has 0 spiro atoms. The molecule has 0 bridgehead atoms. The lowest BCUT2D eigenvalue weighted by molar-refractivity contribution is -0.130. The molecule has 0 fully saturated rings. The lowest BCUT2D eigenvalue weighted by Gasteiger charge is -2.05. The van der Waals surface area contributed by atoms with Gasteiger partial charge in [-0.2, -0.15) is 0 Å². The van der Waals surface area contributed by atoms with Gasteiger partial charge in [0.15, 0.2) is 0 Å². The van der Waals surface area contributed by atoms with E-state index >= 15 is 0 Å². The van der Waals surface area contributed by atoms with Gasteiger partial charge in [0, 0.05) is 4.90 Å². The van der Waals surface area contributed by atoms with Gasteiger partial charge < -0.3 is 9.84 Å². The zero-order valence-corrected chi connectivity index (χ0v) is 12.7. The minimum atomic E-state index is -0.950. The van der Waals surface area contributed by atoms with Gasteiger partial charge in [-0.05, 0) is 47.7 Å². The Hall–Kier alpha value is -2.20. The number of rotatable bonds is 5. The Labute approximate surface area is 128 Å². The number of carboxylic acid groups (broad SMARTS) is 1. The van der Waals surface area contributed by atoms with Crippen molar-refractivity contribution in [2.24, 2.45) is 0 Å². The summed E-state index contributed by atoms with van der Waals surface area (Å²) in [4.78, 5) is 12.6. The van der Waals surface area contributed by atoms with Crippen molar-refractivity contribution in [3.05, 3.63) is 59.7 Å². The molecule has 21 heavy (non-hydrogen) atoms. The van der Waals surface area contributed by atoms with Gasteiger partial charge in [0.05, 0.1) is 12.7 Å². The van der Waals surface area contributed by atoms with Crippen LogP contribution in [0.2, 0.25) is 0 Å².